The zero-order valence-electron chi connectivity index (χ0n) is 10.4. The van der Waals surface area contributed by atoms with Crippen LogP contribution in [-0.2, 0) is 9.53 Å². The molecule has 0 saturated carbocycles. The number of hydrogen-bond acceptors (Lipinski definition) is 5. The molecular formula is C11H15N3O4. The molecule has 0 bridgehead atoms. The second-order valence-electron chi connectivity index (χ2n) is 4.59. The SMILES string of the molecule is CC(C)(C)OC(=O)N[C@@H](C(=O)O)c1cncnc1. The van der Waals surface area contributed by atoms with Crippen molar-refractivity contribution in [3.63, 3.8) is 0 Å². The van der Waals surface area contributed by atoms with Crippen molar-refractivity contribution in [2.24, 2.45) is 0 Å². The van der Waals surface area contributed by atoms with Crippen LogP contribution >= 0.6 is 0 Å². The van der Waals surface area contributed by atoms with Crippen molar-refractivity contribution in [2.75, 3.05) is 0 Å². The molecule has 0 radical (unpaired) electrons. The van der Waals surface area contributed by atoms with Crippen LogP contribution in [0.3, 0.4) is 0 Å². The lowest BCUT2D eigenvalue weighted by molar-refractivity contribution is -0.139. The van der Waals surface area contributed by atoms with Crippen LogP contribution in [0.2, 0.25) is 0 Å². The minimum Gasteiger partial charge on any atom is -0.479 e. The van der Waals surface area contributed by atoms with E-state index in [1.807, 2.05) is 0 Å². The van der Waals surface area contributed by atoms with E-state index in [2.05, 4.69) is 15.3 Å². The van der Waals surface area contributed by atoms with Gasteiger partial charge >= 0.3 is 12.1 Å². The summed E-state index contributed by atoms with van der Waals surface area (Å²) < 4.78 is 4.99. The Kier molecular flexibility index (Phi) is 4.19. The standard InChI is InChI=1S/C11H15N3O4/c1-11(2,3)18-10(17)14-8(9(15)16)7-4-12-6-13-5-7/h4-6,8H,1-3H3,(H,14,17)(H,15,16)/t8-/m1/s1. The minimum atomic E-state index is -1.24. The second kappa shape index (κ2) is 5.44. The van der Waals surface area contributed by atoms with Gasteiger partial charge in [-0.3, -0.25) is 0 Å². The quantitative estimate of drug-likeness (QED) is 0.837. The van der Waals surface area contributed by atoms with Crippen LogP contribution < -0.4 is 5.32 Å². The number of ether oxygens (including phenoxy) is 1. The Morgan fingerprint density at radius 1 is 1.33 bits per heavy atom. The molecule has 0 aliphatic rings. The first-order valence-corrected chi connectivity index (χ1v) is 5.27. The summed E-state index contributed by atoms with van der Waals surface area (Å²) in [6.07, 6.45) is 3.11. The topological polar surface area (TPSA) is 101 Å². The van der Waals surface area contributed by atoms with Gasteiger partial charge in [0, 0.05) is 18.0 Å². The number of carboxylic acid groups (broad SMARTS) is 1. The van der Waals surface area contributed by atoms with Crippen molar-refractivity contribution in [1.29, 1.82) is 0 Å². The van der Waals surface area contributed by atoms with E-state index >= 15 is 0 Å². The molecule has 1 aromatic rings. The number of carboxylic acids is 1. The van der Waals surface area contributed by atoms with Gasteiger partial charge in [-0.2, -0.15) is 0 Å². The first kappa shape index (κ1) is 13.9. The summed E-state index contributed by atoms with van der Waals surface area (Å²) >= 11 is 0. The lowest BCUT2D eigenvalue weighted by atomic mass is 10.1. The van der Waals surface area contributed by atoms with Gasteiger partial charge in [-0.25, -0.2) is 19.6 Å². The van der Waals surface area contributed by atoms with Crippen molar-refractivity contribution < 1.29 is 19.4 Å². The van der Waals surface area contributed by atoms with E-state index < -0.39 is 23.7 Å². The van der Waals surface area contributed by atoms with Crippen LogP contribution in [0.4, 0.5) is 4.79 Å². The molecule has 0 aliphatic carbocycles. The van der Waals surface area contributed by atoms with Gasteiger partial charge in [0.25, 0.3) is 0 Å². The molecule has 7 heteroatoms. The third-order valence-electron chi connectivity index (χ3n) is 1.82. The first-order chi connectivity index (χ1) is 8.29. The number of hydrogen-bond donors (Lipinski definition) is 2. The lowest BCUT2D eigenvalue weighted by Crippen LogP contribution is -2.38. The third-order valence-corrected chi connectivity index (χ3v) is 1.82. The van der Waals surface area contributed by atoms with Crippen molar-refractivity contribution in [3.8, 4) is 0 Å². The first-order valence-electron chi connectivity index (χ1n) is 5.27. The molecule has 1 heterocycles. The predicted molar refractivity (Wildman–Crippen MR) is 61.8 cm³/mol. The molecule has 1 atom stereocenters. The average Bonchev–Trinajstić information content (AvgIpc) is 2.24. The van der Waals surface area contributed by atoms with Crippen LogP contribution in [0, 0.1) is 0 Å². The Bertz CT molecular complexity index is 428. The molecule has 1 rings (SSSR count). The van der Waals surface area contributed by atoms with E-state index in [-0.39, 0.29) is 5.56 Å². The van der Waals surface area contributed by atoms with Gasteiger partial charge in [0.05, 0.1) is 0 Å². The summed E-state index contributed by atoms with van der Waals surface area (Å²) in [7, 11) is 0. The number of nitrogens with one attached hydrogen (secondary N) is 1. The number of carbonyl (C=O) groups excluding carboxylic acids is 1. The number of amides is 1. The van der Waals surface area contributed by atoms with E-state index in [1.165, 1.54) is 18.7 Å². The van der Waals surface area contributed by atoms with Gasteiger partial charge < -0.3 is 15.2 Å². The van der Waals surface area contributed by atoms with Crippen LogP contribution in [0.15, 0.2) is 18.7 Å². The van der Waals surface area contributed by atoms with Crippen molar-refractivity contribution in [3.05, 3.63) is 24.3 Å². The molecular weight excluding hydrogens is 238 g/mol. The number of aromatic nitrogens is 2. The fraction of sp³-hybridized carbons (Fsp3) is 0.455. The second-order valence-corrected chi connectivity index (χ2v) is 4.59. The van der Waals surface area contributed by atoms with Crippen molar-refractivity contribution in [2.45, 2.75) is 32.4 Å². The molecule has 0 fully saturated rings. The smallest absolute Gasteiger partial charge is 0.408 e. The number of carbonyl (C=O) groups is 2. The summed E-state index contributed by atoms with van der Waals surface area (Å²) in [5, 5.41) is 11.3. The zero-order chi connectivity index (χ0) is 13.8. The summed E-state index contributed by atoms with van der Waals surface area (Å²) in [6, 6.07) is -1.24. The Balaban J connectivity index is 2.77. The summed E-state index contributed by atoms with van der Waals surface area (Å²) in [4.78, 5) is 30.0. The molecule has 1 aromatic heterocycles. The van der Waals surface area contributed by atoms with Gasteiger partial charge in [0.2, 0.25) is 0 Å². The predicted octanol–water partition coefficient (Wildman–Crippen LogP) is 1.13. The molecule has 0 aliphatic heterocycles. The number of alkyl carbamates (subject to hydrolysis) is 1. The Morgan fingerprint density at radius 3 is 2.33 bits per heavy atom. The van der Waals surface area contributed by atoms with Gasteiger partial charge in [-0.05, 0) is 20.8 Å². The average molecular weight is 253 g/mol. The molecule has 0 aromatic carbocycles. The highest BCUT2D eigenvalue weighted by Gasteiger charge is 2.25. The highest BCUT2D eigenvalue weighted by Crippen LogP contribution is 2.13. The Labute approximate surface area is 104 Å². The Morgan fingerprint density at radius 2 is 1.89 bits per heavy atom. The molecule has 0 spiro atoms. The van der Waals surface area contributed by atoms with Gasteiger partial charge in [-0.15, -0.1) is 0 Å². The van der Waals surface area contributed by atoms with E-state index in [9.17, 15) is 9.59 Å². The van der Waals surface area contributed by atoms with Gasteiger partial charge in [0.15, 0.2) is 6.04 Å². The highest BCUT2D eigenvalue weighted by atomic mass is 16.6. The molecule has 0 unspecified atom stereocenters. The van der Waals surface area contributed by atoms with E-state index in [0.717, 1.165) is 0 Å². The minimum absolute atomic E-state index is 0.274. The van der Waals surface area contributed by atoms with Gasteiger partial charge in [-0.1, -0.05) is 0 Å². The fourth-order valence-electron chi connectivity index (χ4n) is 1.17. The van der Waals surface area contributed by atoms with Crippen molar-refractivity contribution >= 4 is 12.1 Å². The largest absolute Gasteiger partial charge is 0.479 e. The van der Waals surface area contributed by atoms with Crippen molar-refractivity contribution in [1.82, 2.24) is 15.3 Å². The summed E-state index contributed by atoms with van der Waals surface area (Å²) in [6.45, 7) is 5.07. The Hall–Kier alpha value is -2.18. The lowest BCUT2D eigenvalue weighted by Gasteiger charge is -2.21. The molecule has 1 amide bonds. The van der Waals surface area contributed by atoms with Crippen LogP contribution in [0.25, 0.3) is 0 Å². The monoisotopic (exact) mass is 253 g/mol. The number of nitrogens with zero attached hydrogens (tertiary/aromatic N) is 2. The number of rotatable bonds is 3. The maximum Gasteiger partial charge on any atom is 0.408 e. The fourth-order valence-corrected chi connectivity index (χ4v) is 1.17. The number of aliphatic carboxylic acids is 1. The molecule has 98 valence electrons. The maximum atomic E-state index is 11.5. The van der Waals surface area contributed by atoms with E-state index in [0.29, 0.717) is 0 Å². The molecule has 18 heavy (non-hydrogen) atoms. The summed E-state index contributed by atoms with van der Waals surface area (Å²) in [5.41, 5.74) is -0.420. The molecule has 0 saturated heterocycles. The highest BCUT2D eigenvalue weighted by molar-refractivity contribution is 5.81. The third kappa shape index (κ3) is 4.36. The molecule has 7 nitrogen and oxygen atoms in total. The zero-order valence-corrected chi connectivity index (χ0v) is 10.4. The van der Waals surface area contributed by atoms with Crippen LogP contribution in [0.1, 0.15) is 32.4 Å². The summed E-state index contributed by atoms with van der Waals surface area (Å²) in [5.74, 6) is -1.21. The molecule has 2 N–H and O–H groups in total. The maximum absolute atomic E-state index is 11.5. The van der Waals surface area contributed by atoms with E-state index in [1.54, 1.807) is 20.8 Å². The van der Waals surface area contributed by atoms with Gasteiger partial charge in [0.1, 0.15) is 11.9 Å². The van der Waals surface area contributed by atoms with Crippen LogP contribution in [-0.4, -0.2) is 32.7 Å². The van der Waals surface area contributed by atoms with E-state index in [4.69, 9.17) is 9.84 Å². The van der Waals surface area contributed by atoms with Crippen LogP contribution in [0.5, 0.6) is 0 Å². The normalized spacial score (nSPS) is 12.6.